The van der Waals surface area contributed by atoms with Crippen LogP contribution >= 0.6 is 0 Å². The predicted octanol–water partition coefficient (Wildman–Crippen LogP) is 1.59. The molecule has 4 atom stereocenters. The molecule has 1 aromatic rings. The summed E-state index contributed by atoms with van der Waals surface area (Å²) in [5.41, 5.74) is 0.448. The van der Waals surface area contributed by atoms with Crippen LogP contribution in [-0.2, 0) is 4.79 Å². The molecule has 4 rings (SSSR count). The van der Waals surface area contributed by atoms with Crippen molar-refractivity contribution in [2.24, 2.45) is 23.7 Å². The molecular weight excluding hydrogens is 292 g/mol. The highest BCUT2D eigenvalue weighted by atomic mass is 16.5. The first-order valence-electron chi connectivity index (χ1n) is 8.39. The van der Waals surface area contributed by atoms with Crippen LogP contribution in [0.4, 0.5) is 0 Å². The van der Waals surface area contributed by atoms with Gasteiger partial charge in [0.15, 0.2) is 0 Å². The van der Waals surface area contributed by atoms with E-state index in [9.17, 15) is 9.59 Å². The molecule has 0 unspecified atom stereocenters. The summed E-state index contributed by atoms with van der Waals surface area (Å²) in [7, 11) is 1.53. The van der Waals surface area contributed by atoms with E-state index in [1.54, 1.807) is 18.2 Å². The fraction of sp³-hybridized carbons (Fsp3) is 0.556. The van der Waals surface area contributed by atoms with Gasteiger partial charge in [0.1, 0.15) is 5.75 Å². The van der Waals surface area contributed by atoms with E-state index in [0.717, 1.165) is 11.8 Å². The molecule has 2 amide bonds. The maximum Gasteiger partial charge on any atom is 0.255 e. The van der Waals surface area contributed by atoms with E-state index in [0.29, 0.717) is 29.2 Å². The minimum Gasteiger partial charge on any atom is -0.496 e. The van der Waals surface area contributed by atoms with Crippen LogP contribution in [0.2, 0.25) is 0 Å². The number of nitrogens with one attached hydrogen (secondary N) is 2. The Morgan fingerprint density at radius 2 is 1.87 bits per heavy atom. The van der Waals surface area contributed by atoms with E-state index in [-0.39, 0.29) is 18.4 Å². The number of fused-ring (bicyclic) bond motifs is 5. The van der Waals surface area contributed by atoms with Crippen LogP contribution in [0.25, 0.3) is 0 Å². The van der Waals surface area contributed by atoms with Crippen LogP contribution in [0, 0.1) is 23.7 Å². The average Bonchev–Trinajstić information content (AvgIpc) is 2.95. The van der Waals surface area contributed by atoms with E-state index in [4.69, 9.17) is 4.74 Å². The summed E-state index contributed by atoms with van der Waals surface area (Å²) in [6.07, 6.45) is 4.04. The number of benzene rings is 1. The standard InChI is InChI=1S/C18H22N2O3/c1-23-13-5-3-2-4-12(13)18(22)19-9-14(21)20-17-15-10-6-7-11(8-10)16(15)17/h2-5,10-11,15-17H,6-9H2,1H3,(H,19,22)(H,20,21)/t10-,11-,15-,16-/m0/s1. The van der Waals surface area contributed by atoms with Gasteiger partial charge in [-0.15, -0.1) is 0 Å². The largest absolute Gasteiger partial charge is 0.496 e. The topological polar surface area (TPSA) is 67.4 Å². The predicted molar refractivity (Wildman–Crippen MR) is 85.1 cm³/mol. The maximum absolute atomic E-state index is 12.2. The van der Waals surface area contributed by atoms with Crippen LogP contribution in [-0.4, -0.2) is 31.5 Å². The van der Waals surface area contributed by atoms with Gasteiger partial charge in [0.05, 0.1) is 19.2 Å². The molecule has 0 heterocycles. The smallest absolute Gasteiger partial charge is 0.255 e. The molecule has 0 aromatic heterocycles. The lowest BCUT2D eigenvalue weighted by atomic mass is 10.0. The van der Waals surface area contributed by atoms with Crippen LogP contribution in [0.1, 0.15) is 29.6 Å². The van der Waals surface area contributed by atoms with Crippen molar-refractivity contribution in [1.82, 2.24) is 10.6 Å². The van der Waals surface area contributed by atoms with Gasteiger partial charge in [-0.25, -0.2) is 0 Å². The van der Waals surface area contributed by atoms with Crippen LogP contribution in [0.15, 0.2) is 24.3 Å². The van der Waals surface area contributed by atoms with Gasteiger partial charge in [-0.3, -0.25) is 9.59 Å². The Labute approximate surface area is 135 Å². The van der Waals surface area contributed by atoms with Gasteiger partial charge < -0.3 is 15.4 Å². The highest BCUT2D eigenvalue weighted by molar-refractivity contribution is 5.98. The number of ether oxygens (including phenoxy) is 1. The third-order valence-electron chi connectivity index (χ3n) is 5.82. The third-order valence-corrected chi connectivity index (χ3v) is 5.82. The minimum absolute atomic E-state index is 0.0160. The van der Waals surface area contributed by atoms with Crippen molar-refractivity contribution >= 4 is 11.8 Å². The number of rotatable bonds is 5. The second-order valence-electron chi connectivity index (χ2n) is 6.96. The summed E-state index contributed by atoms with van der Waals surface area (Å²) < 4.78 is 5.17. The SMILES string of the molecule is COc1ccccc1C(=O)NCC(=O)NC1[C@H]2[C@H]3CC[C@@H](C3)[C@H]12. The number of methoxy groups -OCH3 is 1. The Hall–Kier alpha value is -2.04. The summed E-state index contributed by atoms with van der Waals surface area (Å²) >= 11 is 0. The lowest BCUT2D eigenvalue weighted by Gasteiger charge is -2.12. The summed E-state index contributed by atoms with van der Waals surface area (Å²) in [5.74, 6) is 3.22. The lowest BCUT2D eigenvalue weighted by molar-refractivity contribution is -0.120. The molecule has 0 spiro atoms. The summed E-state index contributed by atoms with van der Waals surface area (Å²) in [6.45, 7) is 0.0160. The van der Waals surface area contributed by atoms with Crippen molar-refractivity contribution in [3.63, 3.8) is 0 Å². The Morgan fingerprint density at radius 1 is 1.17 bits per heavy atom. The average molecular weight is 314 g/mol. The number of carbonyl (C=O) groups is 2. The quantitative estimate of drug-likeness (QED) is 0.867. The molecule has 3 aliphatic carbocycles. The normalized spacial score (nSPS) is 33.0. The first kappa shape index (κ1) is 14.5. The Kier molecular flexibility index (Phi) is 3.51. The molecule has 0 aliphatic heterocycles. The van der Waals surface area contributed by atoms with Crippen LogP contribution in [0.5, 0.6) is 5.75 Å². The molecule has 3 saturated carbocycles. The maximum atomic E-state index is 12.2. The zero-order chi connectivity index (χ0) is 16.0. The van der Waals surface area contributed by atoms with Crippen molar-refractivity contribution in [2.45, 2.75) is 25.3 Å². The van der Waals surface area contributed by atoms with Crippen molar-refractivity contribution in [2.75, 3.05) is 13.7 Å². The lowest BCUT2D eigenvalue weighted by Crippen LogP contribution is -2.39. The monoisotopic (exact) mass is 314 g/mol. The van der Waals surface area contributed by atoms with E-state index < -0.39 is 0 Å². The molecule has 2 N–H and O–H groups in total. The van der Waals surface area contributed by atoms with Gasteiger partial charge in [-0.05, 0) is 55.1 Å². The van der Waals surface area contributed by atoms with Gasteiger partial charge in [-0.1, -0.05) is 12.1 Å². The fourth-order valence-electron chi connectivity index (χ4n) is 4.84. The van der Waals surface area contributed by atoms with Gasteiger partial charge in [0.25, 0.3) is 5.91 Å². The van der Waals surface area contributed by atoms with E-state index >= 15 is 0 Å². The number of amides is 2. The highest BCUT2D eigenvalue weighted by Gasteiger charge is 2.65. The summed E-state index contributed by atoms with van der Waals surface area (Å²) in [6, 6.07) is 7.36. The Balaban J connectivity index is 1.28. The highest BCUT2D eigenvalue weighted by Crippen LogP contribution is 2.65. The molecule has 0 saturated heterocycles. The van der Waals surface area contributed by atoms with Gasteiger partial charge >= 0.3 is 0 Å². The van der Waals surface area contributed by atoms with E-state index in [2.05, 4.69) is 10.6 Å². The van der Waals surface area contributed by atoms with Crippen molar-refractivity contribution in [1.29, 1.82) is 0 Å². The molecule has 23 heavy (non-hydrogen) atoms. The Bertz CT molecular complexity index is 629. The second kappa shape index (κ2) is 5.55. The molecule has 122 valence electrons. The number of para-hydroxylation sites is 1. The minimum atomic E-state index is -0.284. The molecule has 2 bridgehead atoms. The molecule has 1 aromatic carbocycles. The van der Waals surface area contributed by atoms with Gasteiger partial charge in [0, 0.05) is 6.04 Å². The van der Waals surface area contributed by atoms with Crippen molar-refractivity contribution < 1.29 is 14.3 Å². The number of carbonyl (C=O) groups excluding carboxylic acids is 2. The molecule has 5 nitrogen and oxygen atoms in total. The van der Waals surface area contributed by atoms with Crippen molar-refractivity contribution in [3.05, 3.63) is 29.8 Å². The number of hydrogen-bond acceptors (Lipinski definition) is 3. The zero-order valence-electron chi connectivity index (χ0n) is 13.2. The van der Waals surface area contributed by atoms with Crippen LogP contribution in [0.3, 0.4) is 0 Å². The zero-order valence-corrected chi connectivity index (χ0v) is 13.2. The molecule has 3 fully saturated rings. The van der Waals surface area contributed by atoms with Gasteiger partial charge in [-0.2, -0.15) is 0 Å². The van der Waals surface area contributed by atoms with E-state index in [1.165, 1.54) is 26.4 Å². The van der Waals surface area contributed by atoms with E-state index in [1.807, 2.05) is 6.07 Å². The first-order chi connectivity index (χ1) is 11.2. The summed E-state index contributed by atoms with van der Waals surface area (Å²) in [4.78, 5) is 24.3. The molecule has 0 radical (unpaired) electrons. The molecule has 3 aliphatic rings. The molecule has 5 heteroatoms. The first-order valence-corrected chi connectivity index (χ1v) is 8.39. The second-order valence-corrected chi connectivity index (χ2v) is 6.96. The third kappa shape index (κ3) is 2.48. The summed E-state index contributed by atoms with van der Waals surface area (Å²) in [5, 5.41) is 5.79. The van der Waals surface area contributed by atoms with Crippen molar-refractivity contribution in [3.8, 4) is 5.75 Å². The Morgan fingerprint density at radius 3 is 2.57 bits per heavy atom. The number of hydrogen-bond donors (Lipinski definition) is 2. The van der Waals surface area contributed by atoms with Crippen LogP contribution < -0.4 is 15.4 Å². The fourth-order valence-corrected chi connectivity index (χ4v) is 4.84. The molecular formula is C18H22N2O3. The van der Waals surface area contributed by atoms with Gasteiger partial charge in [0.2, 0.25) is 5.91 Å².